The van der Waals surface area contributed by atoms with Gasteiger partial charge in [-0.2, -0.15) is 13.2 Å². The predicted molar refractivity (Wildman–Crippen MR) is 111 cm³/mol. The normalized spacial score (nSPS) is 12.5. The molecule has 0 atom stereocenters. The molecule has 0 fully saturated rings. The van der Waals surface area contributed by atoms with Crippen LogP contribution < -0.4 is 10.0 Å². The summed E-state index contributed by atoms with van der Waals surface area (Å²) >= 11 is 0. The van der Waals surface area contributed by atoms with Gasteiger partial charge in [-0.1, -0.05) is 45.0 Å². The molecular formula is C21H25F3N2O3S. The highest BCUT2D eigenvalue weighted by Crippen LogP contribution is 2.32. The summed E-state index contributed by atoms with van der Waals surface area (Å²) < 4.78 is 65.2. The van der Waals surface area contributed by atoms with Crippen LogP contribution in [0.4, 0.5) is 18.9 Å². The molecule has 0 saturated heterocycles. The van der Waals surface area contributed by atoms with Gasteiger partial charge in [-0.3, -0.25) is 9.52 Å². The molecule has 2 N–H and O–H groups in total. The molecule has 0 aliphatic rings. The lowest BCUT2D eigenvalue weighted by Crippen LogP contribution is -2.36. The lowest BCUT2D eigenvalue weighted by Gasteiger charge is -2.26. The summed E-state index contributed by atoms with van der Waals surface area (Å²) in [5, 5.41) is 2.71. The molecule has 1 amide bonds. The zero-order valence-corrected chi connectivity index (χ0v) is 17.8. The molecule has 0 unspecified atom stereocenters. The molecular weight excluding hydrogens is 417 g/mol. The Morgan fingerprint density at radius 3 is 2.27 bits per heavy atom. The van der Waals surface area contributed by atoms with Crippen molar-refractivity contribution in [3.8, 4) is 0 Å². The molecule has 30 heavy (non-hydrogen) atoms. The lowest BCUT2D eigenvalue weighted by molar-refractivity contribution is -0.137. The standard InChI is InChI=1S/C21H25F3N2O3S/c1-4-11-30(28,29)26-18-10-5-7-15(12-18)19(27)25-14-20(2,3)16-8-6-9-17(13-16)21(22,23)24/h5-10,12-13,26H,4,11,14H2,1-3H3,(H,25,27). The molecule has 0 radical (unpaired) electrons. The SMILES string of the molecule is CCCS(=O)(=O)Nc1cccc(C(=O)NCC(C)(C)c2cccc(C(F)(F)F)c2)c1. The Kier molecular flexibility index (Phi) is 7.18. The van der Waals surface area contributed by atoms with E-state index in [2.05, 4.69) is 10.0 Å². The molecule has 9 heteroatoms. The first kappa shape index (κ1) is 23.7. The Balaban J connectivity index is 2.11. The van der Waals surface area contributed by atoms with Gasteiger partial charge < -0.3 is 5.32 Å². The Morgan fingerprint density at radius 1 is 1.00 bits per heavy atom. The number of carbonyl (C=O) groups is 1. The maximum absolute atomic E-state index is 13.0. The fourth-order valence-electron chi connectivity index (χ4n) is 2.85. The Labute approximate surface area is 174 Å². The summed E-state index contributed by atoms with van der Waals surface area (Å²) in [6.45, 7) is 5.31. The minimum absolute atomic E-state index is 0.0331. The summed E-state index contributed by atoms with van der Waals surface area (Å²) in [4.78, 5) is 12.5. The van der Waals surface area contributed by atoms with Gasteiger partial charge in [0.25, 0.3) is 5.91 Å². The van der Waals surface area contributed by atoms with Crippen LogP contribution >= 0.6 is 0 Å². The van der Waals surface area contributed by atoms with Gasteiger partial charge in [0.05, 0.1) is 11.3 Å². The summed E-state index contributed by atoms with van der Waals surface area (Å²) in [7, 11) is -3.49. The third kappa shape index (κ3) is 6.48. The van der Waals surface area contributed by atoms with E-state index in [0.717, 1.165) is 12.1 Å². The van der Waals surface area contributed by atoms with Gasteiger partial charge >= 0.3 is 6.18 Å². The van der Waals surface area contributed by atoms with E-state index in [1.165, 1.54) is 24.3 Å². The molecule has 0 aromatic heterocycles. The summed E-state index contributed by atoms with van der Waals surface area (Å²) in [5.74, 6) is -0.485. The van der Waals surface area contributed by atoms with Crippen molar-refractivity contribution in [2.45, 2.75) is 38.8 Å². The van der Waals surface area contributed by atoms with Crippen molar-refractivity contribution in [3.63, 3.8) is 0 Å². The number of halogens is 3. The van der Waals surface area contributed by atoms with E-state index in [1.54, 1.807) is 32.9 Å². The smallest absolute Gasteiger partial charge is 0.351 e. The molecule has 2 aromatic rings. The largest absolute Gasteiger partial charge is 0.416 e. The third-order valence-electron chi connectivity index (χ3n) is 4.53. The second-order valence-corrected chi connectivity index (χ2v) is 9.49. The average Bonchev–Trinajstić information content (AvgIpc) is 2.65. The van der Waals surface area contributed by atoms with Gasteiger partial charge in [0.15, 0.2) is 0 Å². The molecule has 0 aliphatic heterocycles. The number of rotatable bonds is 8. The van der Waals surface area contributed by atoms with Gasteiger partial charge in [-0.05, 0) is 36.2 Å². The van der Waals surface area contributed by atoms with Crippen molar-refractivity contribution in [1.82, 2.24) is 5.32 Å². The fourth-order valence-corrected chi connectivity index (χ4v) is 3.97. The highest BCUT2D eigenvalue weighted by molar-refractivity contribution is 7.92. The lowest BCUT2D eigenvalue weighted by atomic mass is 9.83. The summed E-state index contributed by atoms with van der Waals surface area (Å²) in [6.07, 6.45) is -3.99. The predicted octanol–water partition coefficient (Wildman–Crippen LogP) is 4.56. The van der Waals surface area contributed by atoms with Crippen molar-refractivity contribution in [1.29, 1.82) is 0 Å². The molecule has 0 spiro atoms. The van der Waals surface area contributed by atoms with Crippen LogP contribution in [0.15, 0.2) is 48.5 Å². The first-order chi connectivity index (χ1) is 13.8. The number of nitrogens with one attached hydrogen (secondary N) is 2. The van der Waals surface area contributed by atoms with E-state index in [1.807, 2.05) is 0 Å². The number of benzene rings is 2. The van der Waals surface area contributed by atoms with Crippen LogP contribution in [0, 0.1) is 0 Å². The number of amides is 1. The van der Waals surface area contributed by atoms with E-state index in [0.29, 0.717) is 12.0 Å². The van der Waals surface area contributed by atoms with Gasteiger partial charge in [0, 0.05) is 23.2 Å². The van der Waals surface area contributed by atoms with Gasteiger partial charge in [-0.25, -0.2) is 8.42 Å². The van der Waals surface area contributed by atoms with Gasteiger partial charge in [-0.15, -0.1) is 0 Å². The molecule has 2 aromatic carbocycles. The maximum atomic E-state index is 13.0. The van der Waals surface area contributed by atoms with Crippen molar-refractivity contribution in [3.05, 3.63) is 65.2 Å². The minimum atomic E-state index is -4.44. The average molecular weight is 443 g/mol. The second kappa shape index (κ2) is 9.07. The van der Waals surface area contributed by atoms with Crippen LogP contribution in [-0.2, 0) is 21.6 Å². The Morgan fingerprint density at radius 2 is 1.63 bits per heavy atom. The van der Waals surface area contributed by atoms with E-state index in [9.17, 15) is 26.4 Å². The first-order valence-corrected chi connectivity index (χ1v) is 11.1. The third-order valence-corrected chi connectivity index (χ3v) is 6.03. The van der Waals surface area contributed by atoms with Crippen molar-refractivity contribution in [2.24, 2.45) is 0 Å². The van der Waals surface area contributed by atoms with Crippen molar-refractivity contribution in [2.75, 3.05) is 17.0 Å². The number of alkyl halides is 3. The Hall–Kier alpha value is -2.55. The van der Waals surface area contributed by atoms with Crippen LogP contribution in [0.1, 0.15) is 48.7 Å². The topological polar surface area (TPSA) is 75.3 Å². The first-order valence-electron chi connectivity index (χ1n) is 9.40. The molecule has 0 bridgehead atoms. The highest BCUT2D eigenvalue weighted by Gasteiger charge is 2.32. The summed E-state index contributed by atoms with van der Waals surface area (Å²) in [5.41, 5.74) is -0.540. The Bertz CT molecular complexity index is 1000. The highest BCUT2D eigenvalue weighted by atomic mass is 32.2. The number of anilines is 1. The zero-order chi connectivity index (χ0) is 22.6. The molecule has 0 saturated carbocycles. The quantitative estimate of drug-likeness (QED) is 0.629. The van der Waals surface area contributed by atoms with Crippen molar-refractivity contribution >= 4 is 21.6 Å². The fraction of sp³-hybridized carbons (Fsp3) is 0.381. The van der Waals surface area contributed by atoms with E-state index < -0.39 is 33.1 Å². The molecule has 5 nitrogen and oxygen atoms in total. The van der Waals surface area contributed by atoms with Crippen LogP contribution in [0.3, 0.4) is 0 Å². The van der Waals surface area contributed by atoms with E-state index in [-0.39, 0.29) is 23.5 Å². The minimum Gasteiger partial charge on any atom is -0.351 e. The van der Waals surface area contributed by atoms with E-state index in [4.69, 9.17) is 0 Å². The number of hydrogen-bond donors (Lipinski definition) is 2. The molecule has 0 heterocycles. The van der Waals surface area contributed by atoms with Crippen LogP contribution in [0.25, 0.3) is 0 Å². The van der Waals surface area contributed by atoms with Crippen LogP contribution in [0.2, 0.25) is 0 Å². The van der Waals surface area contributed by atoms with E-state index >= 15 is 0 Å². The molecule has 0 aliphatic carbocycles. The zero-order valence-electron chi connectivity index (χ0n) is 17.0. The maximum Gasteiger partial charge on any atom is 0.416 e. The monoisotopic (exact) mass is 442 g/mol. The number of hydrogen-bond acceptors (Lipinski definition) is 3. The second-order valence-electron chi connectivity index (χ2n) is 7.65. The number of sulfonamides is 1. The summed E-state index contributed by atoms with van der Waals surface area (Å²) in [6, 6.07) is 11.0. The van der Waals surface area contributed by atoms with Gasteiger partial charge in [0.1, 0.15) is 0 Å². The van der Waals surface area contributed by atoms with Crippen LogP contribution in [-0.4, -0.2) is 26.6 Å². The van der Waals surface area contributed by atoms with Crippen molar-refractivity contribution < 1.29 is 26.4 Å². The number of carbonyl (C=O) groups excluding carboxylic acids is 1. The molecule has 2 rings (SSSR count). The van der Waals surface area contributed by atoms with Gasteiger partial charge in [0.2, 0.25) is 10.0 Å². The molecule has 164 valence electrons. The van der Waals surface area contributed by atoms with Crippen LogP contribution in [0.5, 0.6) is 0 Å².